The molecule has 3 N–H and O–H groups in total. The summed E-state index contributed by atoms with van der Waals surface area (Å²) in [6.45, 7) is 0. The van der Waals surface area contributed by atoms with Gasteiger partial charge in [0.2, 0.25) is 0 Å². The van der Waals surface area contributed by atoms with Crippen molar-refractivity contribution in [2.45, 2.75) is 44.1 Å². The SMILES string of the molecule is NNC(=NC1CC1)C1CCCc2ccccc21. The predicted molar refractivity (Wildman–Crippen MR) is 69.9 cm³/mol. The van der Waals surface area contributed by atoms with Gasteiger partial charge in [0.1, 0.15) is 5.84 Å². The summed E-state index contributed by atoms with van der Waals surface area (Å²) in [6.07, 6.45) is 6.02. The van der Waals surface area contributed by atoms with Gasteiger partial charge in [0, 0.05) is 5.92 Å². The van der Waals surface area contributed by atoms with Crippen molar-refractivity contribution in [1.29, 1.82) is 0 Å². The van der Waals surface area contributed by atoms with Gasteiger partial charge in [-0.1, -0.05) is 24.3 Å². The Morgan fingerprint density at radius 1 is 1.24 bits per heavy atom. The maximum atomic E-state index is 5.66. The van der Waals surface area contributed by atoms with Crippen LogP contribution in [0.5, 0.6) is 0 Å². The standard InChI is InChI=1S/C14H19N3/c15-17-14(16-11-8-9-11)13-7-3-5-10-4-1-2-6-12(10)13/h1-2,4,6,11,13H,3,5,7-9,15H2,(H,16,17). The molecule has 1 saturated carbocycles. The Balaban J connectivity index is 1.93. The average molecular weight is 229 g/mol. The number of amidine groups is 1. The summed E-state index contributed by atoms with van der Waals surface area (Å²) in [5, 5.41) is 0. The van der Waals surface area contributed by atoms with Gasteiger partial charge in [-0.3, -0.25) is 4.99 Å². The van der Waals surface area contributed by atoms with Crippen molar-refractivity contribution in [3.63, 3.8) is 0 Å². The van der Waals surface area contributed by atoms with E-state index in [-0.39, 0.29) is 0 Å². The molecule has 1 aromatic rings. The van der Waals surface area contributed by atoms with Crippen molar-refractivity contribution in [3.8, 4) is 0 Å². The van der Waals surface area contributed by atoms with Gasteiger partial charge in [0.15, 0.2) is 0 Å². The number of benzene rings is 1. The van der Waals surface area contributed by atoms with E-state index in [1.807, 2.05) is 0 Å². The van der Waals surface area contributed by atoms with Crippen LogP contribution in [0.4, 0.5) is 0 Å². The number of fused-ring (bicyclic) bond motifs is 1. The van der Waals surface area contributed by atoms with Crippen LogP contribution < -0.4 is 11.3 Å². The largest absolute Gasteiger partial charge is 0.312 e. The minimum Gasteiger partial charge on any atom is -0.312 e. The van der Waals surface area contributed by atoms with Crippen LogP contribution in [-0.4, -0.2) is 11.9 Å². The second kappa shape index (κ2) is 4.49. The van der Waals surface area contributed by atoms with Crippen molar-refractivity contribution in [1.82, 2.24) is 5.43 Å². The van der Waals surface area contributed by atoms with Gasteiger partial charge in [-0.05, 0) is 43.2 Å². The van der Waals surface area contributed by atoms with E-state index >= 15 is 0 Å². The van der Waals surface area contributed by atoms with E-state index in [0.717, 1.165) is 12.3 Å². The van der Waals surface area contributed by atoms with Gasteiger partial charge < -0.3 is 5.43 Å². The zero-order valence-corrected chi connectivity index (χ0v) is 10.0. The van der Waals surface area contributed by atoms with Gasteiger partial charge in [-0.2, -0.15) is 0 Å². The Kier molecular flexibility index (Phi) is 2.85. The first-order valence-electron chi connectivity index (χ1n) is 6.50. The van der Waals surface area contributed by atoms with Crippen LogP contribution in [0.2, 0.25) is 0 Å². The summed E-state index contributed by atoms with van der Waals surface area (Å²) in [5.74, 6) is 7.02. The lowest BCUT2D eigenvalue weighted by Crippen LogP contribution is -2.36. The molecule has 1 aromatic carbocycles. The van der Waals surface area contributed by atoms with Crippen LogP contribution in [-0.2, 0) is 6.42 Å². The molecule has 3 heteroatoms. The van der Waals surface area contributed by atoms with E-state index in [1.54, 1.807) is 0 Å². The molecule has 1 atom stereocenters. The number of hydrogen-bond acceptors (Lipinski definition) is 2. The third-order valence-electron chi connectivity index (χ3n) is 3.72. The van der Waals surface area contributed by atoms with E-state index in [2.05, 4.69) is 29.7 Å². The summed E-state index contributed by atoms with van der Waals surface area (Å²) >= 11 is 0. The molecule has 0 aliphatic heterocycles. The minimum atomic E-state index is 0.380. The van der Waals surface area contributed by atoms with Gasteiger partial charge in [-0.15, -0.1) is 0 Å². The second-order valence-electron chi connectivity index (χ2n) is 5.03. The Hall–Kier alpha value is -1.35. The molecule has 0 spiro atoms. The lowest BCUT2D eigenvalue weighted by molar-refractivity contribution is 0.633. The molecule has 0 saturated heterocycles. The lowest BCUT2D eigenvalue weighted by atomic mass is 9.82. The molecule has 2 aliphatic carbocycles. The van der Waals surface area contributed by atoms with E-state index in [0.29, 0.717) is 12.0 Å². The fourth-order valence-electron chi connectivity index (χ4n) is 2.67. The summed E-state index contributed by atoms with van der Waals surface area (Å²) in [7, 11) is 0. The normalized spacial score (nSPS) is 24.3. The molecule has 0 radical (unpaired) electrons. The third kappa shape index (κ3) is 2.20. The quantitative estimate of drug-likeness (QED) is 0.353. The molecule has 2 aliphatic rings. The van der Waals surface area contributed by atoms with Gasteiger partial charge in [0.25, 0.3) is 0 Å². The van der Waals surface area contributed by atoms with Gasteiger partial charge in [-0.25, -0.2) is 5.84 Å². The first-order valence-corrected chi connectivity index (χ1v) is 6.50. The lowest BCUT2D eigenvalue weighted by Gasteiger charge is -2.26. The topological polar surface area (TPSA) is 50.4 Å². The Labute approximate surface area is 102 Å². The zero-order valence-electron chi connectivity index (χ0n) is 10.0. The van der Waals surface area contributed by atoms with E-state index < -0.39 is 0 Å². The number of hydrogen-bond donors (Lipinski definition) is 2. The Bertz CT molecular complexity index is 435. The number of nitrogens with two attached hydrogens (primary N) is 1. The fourth-order valence-corrected chi connectivity index (χ4v) is 2.67. The Morgan fingerprint density at radius 3 is 2.82 bits per heavy atom. The maximum absolute atomic E-state index is 5.66. The fraction of sp³-hybridized carbons (Fsp3) is 0.500. The van der Waals surface area contributed by atoms with Crippen LogP contribution >= 0.6 is 0 Å². The molecule has 1 fully saturated rings. The molecule has 3 rings (SSSR count). The minimum absolute atomic E-state index is 0.380. The molecule has 0 aromatic heterocycles. The molecule has 0 bridgehead atoms. The summed E-state index contributed by atoms with van der Waals surface area (Å²) < 4.78 is 0. The highest BCUT2D eigenvalue weighted by Crippen LogP contribution is 2.33. The van der Waals surface area contributed by atoms with Crippen LogP contribution in [0.1, 0.15) is 42.7 Å². The molecule has 1 unspecified atom stereocenters. The van der Waals surface area contributed by atoms with E-state index in [1.165, 1.54) is 36.8 Å². The second-order valence-corrected chi connectivity index (χ2v) is 5.03. The van der Waals surface area contributed by atoms with Crippen molar-refractivity contribution < 1.29 is 0 Å². The van der Waals surface area contributed by atoms with Crippen molar-refractivity contribution in [3.05, 3.63) is 35.4 Å². The van der Waals surface area contributed by atoms with Crippen molar-refractivity contribution in [2.75, 3.05) is 0 Å². The molecule has 90 valence electrons. The van der Waals surface area contributed by atoms with Crippen molar-refractivity contribution in [2.24, 2.45) is 10.8 Å². The summed E-state index contributed by atoms with van der Waals surface area (Å²) in [6, 6.07) is 9.21. The summed E-state index contributed by atoms with van der Waals surface area (Å²) in [4.78, 5) is 4.71. The van der Waals surface area contributed by atoms with E-state index in [9.17, 15) is 0 Å². The number of rotatable bonds is 2. The molecule has 0 amide bonds. The van der Waals surface area contributed by atoms with Crippen LogP contribution in [0, 0.1) is 0 Å². The van der Waals surface area contributed by atoms with Crippen LogP contribution in [0.3, 0.4) is 0 Å². The monoisotopic (exact) mass is 229 g/mol. The smallest absolute Gasteiger partial charge is 0.118 e. The van der Waals surface area contributed by atoms with Crippen LogP contribution in [0.15, 0.2) is 29.3 Å². The third-order valence-corrected chi connectivity index (χ3v) is 3.72. The molecule has 17 heavy (non-hydrogen) atoms. The van der Waals surface area contributed by atoms with Gasteiger partial charge in [0.05, 0.1) is 6.04 Å². The van der Waals surface area contributed by atoms with E-state index in [4.69, 9.17) is 10.8 Å². The number of hydrazine groups is 1. The Morgan fingerprint density at radius 2 is 2.06 bits per heavy atom. The number of aryl methyl sites for hydroxylation is 1. The first kappa shape index (κ1) is 10.8. The average Bonchev–Trinajstić information content (AvgIpc) is 3.19. The highest BCUT2D eigenvalue weighted by Gasteiger charge is 2.27. The first-order chi connectivity index (χ1) is 8.38. The van der Waals surface area contributed by atoms with Crippen LogP contribution in [0.25, 0.3) is 0 Å². The molecular weight excluding hydrogens is 210 g/mol. The highest BCUT2D eigenvalue weighted by atomic mass is 15.3. The predicted octanol–water partition coefficient (Wildman–Crippen LogP) is 2.13. The number of aliphatic imine (C=N–C) groups is 1. The number of nitrogens with zero attached hydrogens (tertiary/aromatic N) is 1. The van der Waals surface area contributed by atoms with Crippen molar-refractivity contribution >= 4 is 5.84 Å². The number of nitrogens with one attached hydrogen (secondary N) is 1. The summed E-state index contributed by atoms with van der Waals surface area (Å²) in [5.41, 5.74) is 5.71. The van der Waals surface area contributed by atoms with Gasteiger partial charge >= 0.3 is 0 Å². The maximum Gasteiger partial charge on any atom is 0.118 e. The molecular formula is C14H19N3. The zero-order chi connectivity index (χ0) is 11.7. The molecule has 3 nitrogen and oxygen atoms in total. The highest BCUT2D eigenvalue weighted by molar-refractivity contribution is 5.89. The molecule has 0 heterocycles.